The van der Waals surface area contributed by atoms with Crippen LogP contribution in [-0.2, 0) is 0 Å². The van der Waals surface area contributed by atoms with E-state index in [4.69, 9.17) is 0 Å². The summed E-state index contributed by atoms with van der Waals surface area (Å²) in [5.41, 5.74) is 8.55. The van der Waals surface area contributed by atoms with Gasteiger partial charge in [0.2, 0.25) is 0 Å². The summed E-state index contributed by atoms with van der Waals surface area (Å²) in [5.74, 6) is 3.68. The zero-order valence-electron chi connectivity index (χ0n) is 21.2. The van der Waals surface area contributed by atoms with E-state index >= 15 is 0 Å². The predicted octanol–water partition coefficient (Wildman–Crippen LogP) is 6.82. The minimum atomic E-state index is 0.371. The molecule has 1 aromatic heterocycles. The van der Waals surface area contributed by atoms with Crippen LogP contribution in [0.25, 0.3) is 5.57 Å². The summed E-state index contributed by atoms with van der Waals surface area (Å²) in [5, 5.41) is 3.58. The van der Waals surface area contributed by atoms with Gasteiger partial charge in [0, 0.05) is 18.4 Å². The molecule has 4 aliphatic rings. The van der Waals surface area contributed by atoms with Crippen molar-refractivity contribution in [3.63, 3.8) is 0 Å². The van der Waals surface area contributed by atoms with Crippen LogP contribution in [0.5, 0.6) is 0 Å². The molecule has 3 nitrogen and oxygen atoms in total. The van der Waals surface area contributed by atoms with Gasteiger partial charge >= 0.3 is 0 Å². The molecule has 0 amide bonds. The molecule has 0 aromatic carbocycles. The molecule has 1 heterocycles. The highest BCUT2D eigenvalue weighted by Gasteiger charge is 2.58. The molecule has 3 fully saturated rings. The van der Waals surface area contributed by atoms with Gasteiger partial charge in [-0.1, -0.05) is 46.4 Å². The molecular weight excluding hydrogens is 390 g/mol. The number of hydrogen-bond acceptors (Lipinski definition) is 3. The molecule has 0 saturated heterocycles. The average molecular weight is 438 g/mol. The van der Waals surface area contributed by atoms with Gasteiger partial charge in [-0.2, -0.15) is 0 Å². The van der Waals surface area contributed by atoms with E-state index in [9.17, 15) is 0 Å². The van der Waals surface area contributed by atoms with Crippen LogP contribution in [0, 0.1) is 34.5 Å². The van der Waals surface area contributed by atoms with Gasteiger partial charge in [0.05, 0.1) is 0 Å². The molecule has 0 radical (unpaired) electrons. The van der Waals surface area contributed by atoms with E-state index in [1.165, 1.54) is 63.1 Å². The Balaban J connectivity index is 0.000000536. The molecule has 7 unspecified atom stereocenters. The fourth-order valence-corrected chi connectivity index (χ4v) is 8.06. The molecule has 3 saturated carbocycles. The molecule has 1 aromatic rings. The Labute approximate surface area is 197 Å². The Bertz CT molecular complexity index is 772. The van der Waals surface area contributed by atoms with Gasteiger partial charge in [0.1, 0.15) is 0 Å². The van der Waals surface area contributed by atoms with E-state index in [1.807, 2.05) is 20.0 Å². The molecule has 32 heavy (non-hydrogen) atoms. The molecule has 7 atom stereocenters. The summed E-state index contributed by atoms with van der Waals surface area (Å²) in [6.45, 7) is 12.4. The van der Waals surface area contributed by atoms with Gasteiger partial charge < -0.3 is 11.1 Å². The van der Waals surface area contributed by atoms with Crippen molar-refractivity contribution in [2.75, 3.05) is 7.05 Å². The highest BCUT2D eigenvalue weighted by atomic mass is 14.9. The molecular formula is C29H47N3. The first-order valence-electron chi connectivity index (χ1n) is 13.1. The van der Waals surface area contributed by atoms with E-state index in [0.29, 0.717) is 10.8 Å². The largest absolute Gasteiger partial charge is 0.405 e. The first-order chi connectivity index (χ1) is 15.5. The summed E-state index contributed by atoms with van der Waals surface area (Å²) in [6, 6.07) is 5.14. The number of hydrogen-bond donors (Lipinski definition) is 2. The third-order valence-electron chi connectivity index (χ3n) is 9.63. The van der Waals surface area contributed by atoms with Crippen LogP contribution in [0.1, 0.15) is 84.6 Å². The first kappa shape index (κ1) is 25.0. The summed E-state index contributed by atoms with van der Waals surface area (Å²) in [7, 11) is 2.16. The second-order valence-electron chi connectivity index (χ2n) is 10.7. The monoisotopic (exact) mass is 437 g/mol. The lowest BCUT2D eigenvalue weighted by Crippen LogP contribution is -2.54. The maximum Gasteiger partial charge on any atom is 0.0343 e. The van der Waals surface area contributed by atoms with Crippen LogP contribution in [0.2, 0.25) is 0 Å². The zero-order valence-corrected chi connectivity index (χ0v) is 21.2. The van der Waals surface area contributed by atoms with Crippen molar-refractivity contribution in [2.24, 2.45) is 40.2 Å². The SMILES string of the molecule is C=CN.CC.CNC1CCC2(C)C(CCC3C4CC=C(c5cccnc5)C4(C)CCC32)C1. The fraction of sp³-hybridized carbons (Fsp3) is 0.690. The van der Waals surface area contributed by atoms with Gasteiger partial charge in [0.15, 0.2) is 0 Å². The Kier molecular flexibility index (Phi) is 8.25. The molecule has 0 spiro atoms. The number of allylic oxidation sites excluding steroid dienone is 2. The van der Waals surface area contributed by atoms with Crippen molar-refractivity contribution in [2.45, 2.75) is 85.1 Å². The maximum absolute atomic E-state index is 4.61. The van der Waals surface area contributed by atoms with Gasteiger partial charge in [-0.3, -0.25) is 4.98 Å². The number of fused-ring (bicyclic) bond motifs is 5. The van der Waals surface area contributed by atoms with Crippen LogP contribution in [0.3, 0.4) is 0 Å². The van der Waals surface area contributed by atoms with Gasteiger partial charge in [-0.05, 0) is 116 Å². The number of pyridine rings is 1. The van der Waals surface area contributed by atoms with E-state index in [2.05, 4.69) is 67.9 Å². The third-order valence-corrected chi connectivity index (χ3v) is 9.63. The first-order valence-corrected chi connectivity index (χ1v) is 13.1. The van der Waals surface area contributed by atoms with E-state index in [-0.39, 0.29) is 0 Å². The quantitative estimate of drug-likeness (QED) is 0.533. The van der Waals surface area contributed by atoms with Crippen LogP contribution >= 0.6 is 0 Å². The van der Waals surface area contributed by atoms with E-state index in [0.717, 1.165) is 29.7 Å². The molecule has 178 valence electrons. The van der Waals surface area contributed by atoms with Crippen molar-refractivity contribution in [1.29, 1.82) is 0 Å². The normalized spacial score (nSPS) is 39.5. The van der Waals surface area contributed by atoms with Gasteiger partial charge in [0.25, 0.3) is 0 Å². The Morgan fingerprint density at radius 1 is 1.12 bits per heavy atom. The summed E-state index contributed by atoms with van der Waals surface area (Å²) < 4.78 is 0. The second-order valence-corrected chi connectivity index (χ2v) is 10.7. The van der Waals surface area contributed by atoms with Crippen LogP contribution in [0.4, 0.5) is 0 Å². The standard InChI is InChI=1S/C25H36N2.C2H5N.C2H6/c1-24-12-10-19(26-3)15-18(24)6-7-20-22-9-8-21(17-5-4-14-27-16-17)25(22,2)13-11-23(20)24;1-2-3;1-2/h4-5,8,14,16,18-20,22-23,26H,6-7,9-13,15H2,1-3H3;2H,1,3H2;1-2H3. The third kappa shape index (κ3) is 4.30. The number of rotatable bonds is 2. The predicted molar refractivity (Wildman–Crippen MR) is 138 cm³/mol. The van der Waals surface area contributed by atoms with E-state index in [1.54, 1.807) is 5.57 Å². The zero-order chi connectivity index (χ0) is 23.4. The van der Waals surface area contributed by atoms with Crippen LogP contribution < -0.4 is 11.1 Å². The van der Waals surface area contributed by atoms with Crippen molar-refractivity contribution >= 4 is 5.57 Å². The number of aromatic nitrogens is 1. The highest BCUT2D eigenvalue weighted by Crippen LogP contribution is 2.67. The Morgan fingerprint density at radius 3 is 2.53 bits per heavy atom. The van der Waals surface area contributed by atoms with Crippen molar-refractivity contribution in [3.8, 4) is 0 Å². The Hall–Kier alpha value is -1.61. The lowest BCUT2D eigenvalue weighted by molar-refractivity contribution is -0.0996. The fourth-order valence-electron chi connectivity index (χ4n) is 8.06. The lowest BCUT2D eigenvalue weighted by atomic mass is 9.44. The second kappa shape index (κ2) is 10.5. The van der Waals surface area contributed by atoms with Crippen LogP contribution in [-0.4, -0.2) is 18.1 Å². The number of nitrogens with two attached hydrogens (primary N) is 1. The van der Waals surface area contributed by atoms with Crippen molar-refractivity contribution in [3.05, 3.63) is 48.9 Å². The maximum atomic E-state index is 4.61. The van der Waals surface area contributed by atoms with Crippen molar-refractivity contribution < 1.29 is 0 Å². The number of nitrogens with zero attached hydrogens (tertiary/aromatic N) is 1. The van der Waals surface area contributed by atoms with Crippen molar-refractivity contribution in [1.82, 2.24) is 10.3 Å². The summed E-state index contributed by atoms with van der Waals surface area (Å²) in [6.07, 6.45) is 19.1. The van der Waals surface area contributed by atoms with Crippen LogP contribution in [0.15, 0.2) is 43.4 Å². The molecule has 5 rings (SSSR count). The molecule has 3 heteroatoms. The van der Waals surface area contributed by atoms with Gasteiger partial charge in [-0.15, -0.1) is 0 Å². The Morgan fingerprint density at radius 2 is 1.88 bits per heavy atom. The minimum absolute atomic E-state index is 0.371. The topological polar surface area (TPSA) is 50.9 Å². The van der Waals surface area contributed by atoms with E-state index < -0.39 is 0 Å². The molecule has 0 bridgehead atoms. The number of nitrogens with one attached hydrogen (secondary N) is 1. The lowest BCUT2D eigenvalue weighted by Gasteiger charge is -2.61. The summed E-state index contributed by atoms with van der Waals surface area (Å²) >= 11 is 0. The smallest absolute Gasteiger partial charge is 0.0343 e. The molecule has 3 N–H and O–H groups in total. The average Bonchev–Trinajstić information content (AvgIpc) is 3.18. The molecule has 0 aliphatic heterocycles. The summed E-state index contributed by atoms with van der Waals surface area (Å²) in [4.78, 5) is 4.41. The molecule has 4 aliphatic carbocycles. The highest BCUT2D eigenvalue weighted by molar-refractivity contribution is 5.72. The minimum Gasteiger partial charge on any atom is -0.405 e. The van der Waals surface area contributed by atoms with Gasteiger partial charge in [-0.25, -0.2) is 0 Å².